The predicted octanol–water partition coefficient (Wildman–Crippen LogP) is 1.68. The molecule has 0 bridgehead atoms. The van der Waals surface area contributed by atoms with E-state index < -0.39 is 144 Å². The van der Waals surface area contributed by atoms with E-state index in [-0.39, 0.29) is 82.9 Å². The number of oxime groups is 1. The number of benzene rings is 2. The van der Waals surface area contributed by atoms with Gasteiger partial charge in [-0.15, -0.1) is 0 Å². The minimum Gasteiger partial charge on any atom is -0.508 e. The van der Waals surface area contributed by atoms with Crippen molar-refractivity contribution in [2.75, 3.05) is 51.9 Å². The van der Waals surface area contributed by atoms with E-state index in [9.17, 15) is 67.7 Å². The van der Waals surface area contributed by atoms with Gasteiger partial charge in [-0.25, -0.2) is 0 Å². The van der Waals surface area contributed by atoms with Crippen molar-refractivity contribution < 1.29 is 77.3 Å². The predicted molar refractivity (Wildman–Crippen MR) is 383 cm³/mol. The fourth-order valence-corrected chi connectivity index (χ4v) is 12.4. The molecule has 2 saturated heterocycles. The van der Waals surface area contributed by atoms with E-state index in [0.717, 1.165) is 42.7 Å². The smallest absolute Gasteiger partial charge is 0.305 e. The molecule has 2 aromatic carbocycles. The van der Waals surface area contributed by atoms with Crippen LogP contribution in [0.1, 0.15) is 155 Å². The Morgan fingerprint density at radius 3 is 1.78 bits per heavy atom. The van der Waals surface area contributed by atoms with E-state index in [0.29, 0.717) is 44.3 Å². The number of likely N-dealkylation sites (tertiary alicyclic amines) is 2. The van der Waals surface area contributed by atoms with E-state index in [2.05, 4.69) is 83.7 Å². The number of carboxylic acid groups (broad SMARTS) is 1. The molecule has 4 rings (SSSR count). The number of unbranched alkanes of at least 4 members (excludes halogenated alkanes) is 4. The van der Waals surface area contributed by atoms with Gasteiger partial charge in [0, 0.05) is 37.6 Å². The number of rotatable bonds is 44. The SMILES string of the molecule is CCCC[C@H](NC(=O)[C@@H]1CCCN1C(=O)[C@H](C)NC(=O)[C@H](CCCNC(=N)N)NC(=O)/C=N/OCCCCCCOc1cc(CSC)cc(CSC)c1)C(=O)N[C@@H](CC(=O)O)C(=O)N[C@@H](CC(C)(C)C)C(=O)N1CCC[C@H]1C(=O)N[C@@H](Cc1ccc(O)cc1)C(=O)NCC(=O)N[C@@H](C)C(N)=O. The van der Waals surface area contributed by atoms with E-state index in [1.807, 2.05) is 6.92 Å². The third kappa shape index (κ3) is 30.9. The van der Waals surface area contributed by atoms with Crippen molar-refractivity contribution in [2.24, 2.45) is 22.0 Å². The number of nitrogens with two attached hydrogens (primary N) is 2. The quantitative estimate of drug-likeness (QED) is 0.0194. The van der Waals surface area contributed by atoms with Crippen LogP contribution in [0, 0.1) is 10.8 Å². The number of hydrogen-bond acceptors (Lipinski definition) is 19. The third-order valence-electron chi connectivity index (χ3n) is 16.5. The normalized spacial score (nSPS) is 16.4. The van der Waals surface area contributed by atoms with Crippen LogP contribution in [0.5, 0.6) is 11.5 Å². The number of carbonyl (C=O) groups is 12. The molecule has 11 amide bonds. The van der Waals surface area contributed by atoms with Gasteiger partial charge in [-0.1, -0.05) is 63.9 Å². The summed E-state index contributed by atoms with van der Waals surface area (Å²) in [6.07, 6.45) is 9.37. The zero-order valence-electron chi connectivity index (χ0n) is 59.2. The maximum Gasteiger partial charge on any atom is 0.305 e. The summed E-state index contributed by atoms with van der Waals surface area (Å²) < 4.78 is 6.06. The maximum absolute atomic E-state index is 14.7. The monoisotopic (exact) mass is 1450 g/mol. The lowest BCUT2D eigenvalue weighted by Gasteiger charge is -2.33. The molecule has 0 unspecified atom stereocenters. The topological polar surface area (TPSA) is 467 Å². The summed E-state index contributed by atoms with van der Waals surface area (Å²) in [6.45, 7) is 10.5. The minimum atomic E-state index is -1.81. The highest BCUT2D eigenvalue weighted by Gasteiger charge is 2.43. The standard InChI is InChI=1S/C68H105N15O16S2/c1-9-10-18-49(61(92)79-51(35-57(87)88)62(93)81-52(36-68(4,5)6)66(97)83-28-17-21-54(83)64(95)80-50(34-43-22-24-46(84)25-23-43)59(90)73-37-55(85)75-41(2)58(69)89)78-63(94)53-20-16-27-82(53)65(96)42(3)76-60(91)48(19-15-26-72-67(70)71)77-56(86)38-74-99-30-14-12-11-13-29-98-47-32-44(39-100-7)31-45(33-47)40-101-8/h22-25,31-33,38,41-42,48-54,84H,9-21,26-30,34-37,39-40H2,1-8H3,(H2,69,89)(H,73,90)(H,75,85)(H,76,91)(H,77,86)(H,78,94)(H,79,92)(H,80,95)(H,81,93)(H,87,88)(H4,70,71,72)/b74-38+/t41-,42-,48-,49-,50-,51-,52-,53-,54-/m0/s1. The van der Waals surface area contributed by atoms with Crippen LogP contribution in [0.3, 0.4) is 0 Å². The molecule has 101 heavy (non-hydrogen) atoms. The van der Waals surface area contributed by atoms with Crippen LogP contribution in [-0.2, 0) is 80.3 Å². The number of nitrogens with one attached hydrogen (secondary N) is 10. The zero-order chi connectivity index (χ0) is 74.8. The van der Waals surface area contributed by atoms with Crippen molar-refractivity contribution in [3.8, 4) is 11.5 Å². The molecule has 2 aliphatic rings. The Morgan fingerprint density at radius 1 is 0.653 bits per heavy atom. The van der Waals surface area contributed by atoms with Crippen molar-refractivity contribution >= 4 is 107 Å². The van der Waals surface area contributed by atoms with E-state index >= 15 is 0 Å². The van der Waals surface area contributed by atoms with Crippen LogP contribution < -0.4 is 64.1 Å². The zero-order valence-corrected chi connectivity index (χ0v) is 60.8. The van der Waals surface area contributed by atoms with Gasteiger partial charge in [0.15, 0.2) is 5.96 Å². The lowest BCUT2D eigenvalue weighted by molar-refractivity contribution is -0.144. The first-order chi connectivity index (χ1) is 47.9. The summed E-state index contributed by atoms with van der Waals surface area (Å²) in [6, 6.07) is 0.493. The highest BCUT2D eigenvalue weighted by atomic mass is 32.2. The van der Waals surface area contributed by atoms with Crippen molar-refractivity contribution in [3.05, 3.63) is 59.2 Å². The van der Waals surface area contributed by atoms with Crippen LogP contribution in [-0.4, -0.2) is 209 Å². The van der Waals surface area contributed by atoms with Crippen LogP contribution in [0.2, 0.25) is 0 Å². The van der Waals surface area contributed by atoms with Gasteiger partial charge in [0.1, 0.15) is 78.7 Å². The van der Waals surface area contributed by atoms with Crippen molar-refractivity contribution in [1.29, 1.82) is 5.41 Å². The van der Waals surface area contributed by atoms with E-state index in [1.54, 1.807) is 44.3 Å². The molecule has 2 fully saturated rings. The number of amides is 11. The molecule has 0 aromatic heterocycles. The Kier molecular flexibility index (Phi) is 36.6. The largest absolute Gasteiger partial charge is 0.508 e. The Bertz CT molecular complexity index is 3150. The van der Waals surface area contributed by atoms with Crippen LogP contribution in [0.15, 0.2) is 47.6 Å². The van der Waals surface area contributed by atoms with Gasteiger partial charge in [0.2, 0.25) is 59.1 Å². The number of aliphatic carboxylic acids is 1. The number of phenols is 1. The van der Waals surface area contributed by atoms with Crippen LogP contribution >= 0.6 is 23.5 Å². The second-order valence-electron chi connectivity index (χ2n) is 26.4. The molecule has 31 nitrogen and oxygen atoms in total. The molecule has 16 N–H and O–H groups in total. The summed E-state index contributed by atoms with van der Waals surface area (Å²) in [4.78, 5) is 171. The van der Waals surface area contributed by atoms with Crippen molar-refractivity contribution in [3.63, 3.8) is 0 Å². The molecular formula is C68H105N15O16S2. The number of thioether (sulfide) groups is 2. The van der Waals surface area contributed by atoms with Gasteiger partial charge in [-0.2, -0.15) is 23.5 Å². The Morgan fingerprint density at radius 2 is 1.21 bits per heavy atom. The highest BCUT2D eigenvalue weighted by Crippen LogP contribution is 2.27. The van der Waals surface area contributed by atoms with Crippen molar-refractivity contribution in [1.82, 2.24) is 57.7 Å². The molecular weight excluding hydrogens is 1350 g/mol. The fourth-order valence-electron chi connectivity index (χ4n) is 11.4. The number of ether oxygens (including phenoxy) is 1. The first-order valence-corrected chi connectivity index (χ1v) is 37.0. The number of carboxylic acids is 1. The first-order valence-electron chi connectivity index (χ1n) is 34.2. The minimum absolute atomic E-state index is 0.0199. The molecule has 560 valence electrons. The number of carbonyl (C=O) groups excluding carboxylic acids is 11. The molecule has 0 radical (unpaired) electrons. The summed E-state index contributed by atoms with van der Waals surface area (Å²) in [5, 5.41) is 54.4. The lowest BCUT2D eigenvalue weighted by Crippen LogP contribution is -2.60. The Balaban J connectivity index is 1.39. The average Bonchev–Trinajstić information content (AvgIpc) is 1.75. The molecule has 2 aromatic rings. The number of hydrogen-bond donors (Lipinski definition) is 14. The summed E-state index contributed by atoms with van der Waals surface area (Å²) in [7, 11) is 0. The van der Waals surface area contributed by atoms with E-state index in [4.69, 9.17) is 26.5 Å². The summed E-state index contributed by atoms with van der Waals surface area (Å²) >= 11 is 3.52. The highest BCUT2D eigenvalue weighted by molar-refractivity contribution is 7.98. The molecule has 0 spiro atoms. The van der Waals surface area contributed by atoms with Gasteiger partial charge in [0.25, 0.3) is 5.91 Å². The maximum atomic E-state index is 14.7. The molecule has 33 heteroatoms. The van der Waals surface area contributed by atoms with Gasteiger partial charge < -0.3 is 88.9 Å². The van der Waals surface area contributed by atoms with Gasteiger partial charge >= 0.3 is 5.97 Å². The Labute approximate surface area is 599 Å². The summed E-state index contributed by atoms with van der Waals surface area (Å²) in [5.74, 6) is -7.90. The lowest BCUT2D eigenvalue weighted by atomic mass is 9.87. The van der Waals surface area contributed by atoms with Gasteiger partial charge in [-0.3, -0.25) is 62.9 Å². The summed E-state index contributed by atoms with van der Waals surface area (Å²) in [5.41, 5.74) is 13.0. The van der Waals surface area contributed by atoms with Gasteiger partial charge in [0.05, 0.1) is 19.6 Å². The average molecular weight is 1450 g/mol. The van der Waals surface area contributed by atoms with Crippen LogP contribution in [0.25, 0.3) is 0 Å². The number of nitrogens with zero attached hydrogens (tertiary/aromatic N) is 3. The number of phenolic OH excluding ortho intramolecular Hbond substituents is 1. The molecule has 9 atom stereocenters. The fraction of sp³-hybridized carbons (Fsp3) is 0.618. The molecule has 0 aliphatic carbocycles. The number of primary amides is 1. The Hall–Kier alpha value is -8.88. The second-order valence-corrected chi connectivity index (χ2v) is 28.1. The van der Waals surface area contributed by atoms with Gasteiger partial charge in [-0.05, 0) is 150 Å². The second kappa shape index (κ2) is 43.7. The van der Waals surface area contributed by atoms with Crippen LogP contribution in [0.4, 0.5) is 0 Å². The third-order valence-corrected chi connectivity index (χ3v) is 17.7. The van der Waals surface area contributed by atoms with E-state index in [1.165, 1.54) is 59.0 Å². The van der Waals surface area contributed by atoms with Crippen molar-refractivity contribution in [2.45, 2.75) is 210 Å². The first kappa shape index (κ1) is 84.5. The number of aromatic hydroxyl groups is 1. The molecule has 0 saturated carbocycles. The molecule has 2 heterocycles. The molecule has 2 aliphatic heterocycles. The number of guanidine groups is 1.